The van der Waals surface area contributed by atoms with Crippen molar-refractivity contribution in [1.82, 2.24) is 10.3 Å². The van der Waals surface area contributed by atoms with E-state index in [1.807, 2.05) is 0 Å². The lowest BCUT2D eigenvalue weighted by Gasteiger charge is -2.22. The van der Waals surface area contributed by atoms with Crippen LogP contribution in [-0.4, -0.2) is 22.0 Å². The highest BCUT2D eigenvalue weighted by molar-refractivity contribution is 5.96. The Morgan fingerprint density at radius 3 is 2.81 bits per heavy atom. The highest BCUT2D eigenvalue weighted by Crippen LogP contribution is 2.19. The molecule has 1 aromatic rings. The fourth-order valence-electron chi connectivity index (χ4n) is 2.08. The Kier molecular flexibility index (Phi) is 3.39. The number of rotatable bonds is 2. The average molecular weight is 220 g/mol. The van der Waals surface area contributed by atoms with Crippen LogP contribution >= 0.6 is 0 Å². The Morgan fingerprint density at radius 1 is 1.38 bits per heavy atom. The summed E-state index contributed by atoms with van der Waals surface area (Å²) in [5, 5.41) is 12.4. The minimum Gasteiger partial charge on any atom is -0.493 e. The minimum atomic E-state index is -0.225. The molecule has 1 fully saturated rings. The van der Waals surface area contributed by atoms with Crippen molar-refractivity contribution in [1.29, 1.82) is 0 Å². The van der Waals surface area contributed by atoms with Gasteiger partial charge in [-0.25, -0.2) is 4.98 Å². The second-order valence-electron chi connectivity index (χ2n) is 4.18. The van der Waals surface area contributed by atoms with Crippen LogP contribution in [0.4, 0.5) is 0 Å². The lowest BCUT2D eigenvalue weighted by atomic mass is 9.95. The van der Waals surface area contributed by atoms with E-state index in [0.29, 0.717) is 0 Å². The monoisotopic (exact) mass is 220 g/mol. The lowest BCUT2D eigenvalue weighted by molar-refractivity contribution is 0.0924. The first-order valence-electron chi connectivity index (χ1n) is 5.72. The molecule has 0 aliphatic heterocycles. The normalized spacial score (nSPS) is 17.0. The van der Waals surface area contributed by atoms with Crippen molar-refractivity contribution < 1.29 is 9.90 Å². The summed E-state index contributed by atoms with van der Waals surface area (Å²) in [5.41, 5.74) is 0.257. The van der Waals surface area contributed by atoms with Crippen molar-refractivity contribution in [3.05, 3.63) is 23.9 Å². The van der Waals surface area contributed by atoms with Crippen molar-refractivity contribution in [2.24, 2.45) is 0 Å². The molecule has 2 rings (SSSR count). The van der Waals surface area contributed by atoms with Gasteiger partial charge in [0.1, 0.15) is 5.56 Å². The van der Waals surface area contributed by atoms with Crippen LogP contribution in [0.3, 0.4) is 0 Å². The molecular formula is C12H16N2O2. The summed E-state index contributed by atoms with van der Waals surface area (Å²) >= 11 is 0. The van der Waals surface area contributed by atoms with Gasteiger partial charge in [0.15, 0.2) is 0 Å². The van der Waals surface area contributed by atoms with Crippen LogP contribution in [0.1, 0.15) is 42.5 Å². The fourth-order valence-corrected chi connectivity index (χ4v) is 2.08. The van der Waals surface area contributed by atoms with Gasteiger partial charge in [-0.1, -0.05) is 19.3 Å². The maximum Gasteiger partial charge on any atom is 0.256 e. The van der Waals surface area contributed by atoms with Gasteiger partial charge in [-0.15, -0.1) is 0 Å². The molecule has 4 nitrogen and oxygen atoms in total. The predicted octanol–water partition coefficient (Wildman–Crippen LogP) is 1.85. The number of aromatic nitrogens is 1. The van der Waals surface area contributed by atoms with E-state index >= 15 is 0 Å². The second-order valence-corrected chi connectivity index (χ2v) is 4.18. The summed E-state index contributed by atoms with van der Waals surface area (Å²) in [7, 11) is 0. The lowest BCUT2D eigenvalue weighted by Crippen LogP contribution is -2.36. The molecule has 0 aromatic carbocycles. The first-order valence-corrected chi connectivity index (χ1v) is 5.72. The van der Waals surface area contributed by atoms with Crippen molar-refractivity contribution in [2.45, 2.75) is 38.1 Å². The molecule has 0 saturated heterocycles. The first-order chi connectivity index (χ1) is 7.77. The molecule has 2 N–H and O–H groups in total. The number of carbonyl (C=O) groups excluding carboxylic acids is 1. The number of nitrogens with zero attached hydrogens (tertiary/aromatic N) is 1. The molecule has 0 unspecified atom stereocenters. The Balaban J connectivity index is 2.00. The summed E-state index contributed by atoms with van der Waals surface area (Å²) in [6.07, 6.45) is 7.13. The molecule has 1 aliphatic rings. The SMILES string of the molecule is O=C(NC1CCCCC1)c1cccnc1O. The molecular weight excluding hydrogens is 204 g/mol. The molecule has 0 atom stereocenters. The Hall–Kier alpha value is -1.58. The zero-order valence-electron chi connectivity index (χ0n) is 9.15. The van der Waals surface area contributed by atoms with Crippen LogP contribution in [0, 0.1) is 0 Å². The van der Waals surface area contributed by atoms with Crippen LogP contribution in [0.2, 0.25) is 0 Å². The number of carbonyl (C=O) groups is 1. The molecule has 0 radical (unpaired) electrons. The van der Waals surface area contributed by atoms with Gasteiger partial charge >= 0.3 is 0 Å². The van der Waals surface area contributed by atoms with Gasteiger partial charge in [-0.2, -0.15) is 0 Å². The Bertz CT molecular complexity index is 373. The molecule has 1 saturated carbocycles. The van der Waals surface area contributed by atoms with Crippen LogP contribution < -0.4 is 5.32 Å². The summed E-state index contributed by atoms with van der Waals surface area (Å²) in [4.78, 5) is 15.5. The standard InChI is InChI=1S/C12H16N2O2/c15-11-10(7-4-8-13-11)12(16)14-9-5-2-1-3-6-9/h4,7-9H,1-3,5-6H2,(H,13,15)(H,14,16). The summed E-state index contributed by atoms with van der Waals surface area (Å²) in [6.45, 7) is 0. The minimum absolute atomic E-state index is 0.198. The van der Waals surface area contributed by atoms with Crippen molar-refractivity contribution in [3.8, 4) is 5.88 Å². The van der Waals surface area contributed by atoms with Gasteiger partial charge in [0.05, 0.1) is 0 Å². The number of aromatic hydroxyl groups is 1. The topological polar surface area (TPSA) is 62.2 Å². The van der Waals surface area contributed by atoms with E-state index in [0.717, 1.165) is 12.8 Å². The number of nitrogens with one attached hydrogen (secondary N) is 1. The molecule has 0 bridgehead atoms. The van der Waals surface area contributed by atoms with Gasteiger partial charge < -0.3 is 10.4 Å². The third-order valence-corrected chi connectivity index (χ3v) is 2.97. The molecule has 1 amide bonds. The maximum absolute atomic E-state index is 11.8. The van der Waals surface area contributed by atoms with Gasteiger partial charge in [0, 0.05) is 12.2 Å². The molecule has 86 valence electrons. The summed E-state index contributed by atoms with van der Waals surface area (Å²) in [5.74, 6) is -0.423. The third-order valence-electron chi connectivity index (χ3n) is 2.97. The maximum atomic E-state index is 11.8. The smallest absolute Gasteiger partial charge is 0.256 e. The molecule has 1 heterocycles. The highest BCUT2D eigenvalue weighted by Gasteiger charge is 2.18. The molecule has 16 heavy (non-hydrogen) atoms. The number of pyridine rings is 1. The number of hydrogen-bond acceptors (Lipinski definition) is 3. The van der Waals surface area contributed by atoms with Crippen molar-refractivity contribution in [2.75, 3.05) is 0 Å². The third kappa shape index (κ3) is 2.51. The van der Waals surface area contributed by atoms with Gasteiger partial charge in [-0.3, -0.25) is 4.79 Å². The summed E-state index contributed by atoms with van der Waals surface area (Å²) in [6, 6.07) is 3.48. The Morgan fingerprint density at radius 2 is 2.12 bits per heavy atom. The van der Waals surface area contributed by atoms with Gasteiger partial charge in [-0.05, 0) is 25.0 Å². The van der Waals surface area contributed by atoms with Crippen LogP contribution in [0.5, 0.6) is 5.88 Å². The van der Waals surface area contributed by atoms with Gasteiger partial charge in [0.25, 0.3) is 5.91 Å². The molecule has 4 heteroatoms. The average Bonchev–Trinajstić information content (AvgIpc) is 2.31. The zero-order valence-corrected chi connectivity index (χ0v) is 9.15. The highest BCUT2D eigenvalue weighted by atomic mass is 16.3. The van der Waals surface area contributed by atoms with Crippen molar-refractivity contribution >= 4 is 5.91 Å². The van der Waals surface area contributed by atoms with E-state index in [9.17, 15) is 9.90 Å². The van der Waals surface area contributed by atoms with Crippen LogP contribution in [0.25, 0.3) is 0 Å². The van der Waals surface area contributed by atoms with E-state index < -0.39 is 0 Å². The fraction of sp³-hybridized carbons (Fsp3) is 0.500. The van der Waals surface area contributed by atoms with E-state index in [-0.39, 0.29) is 23.4 Å². The predicted molar refractivity (Wildman–Crippen MR) is 60.2 cm³/mol. The Labute approximate surface area is 94.7 Å². The van der Waals surface area contributed by atoms with E-state index in [4.69, 9.17) is 0 Å². The van der Waals surface area contributed by atoms with E-state index in [1.165, 1.54) is 25.5 Å². The van der Waals surface area contributed by atoms with E-state index in [2.05, 4.69) is 10.3 Å². The van der Waals surface area contributed by atoms with Crippen LogP contribution in [-0.2, 0) is 0 Å². The molecule has 0 spiro atoms. The van der Waals surface area contributed by atoms with E-state index in [1.54, 1.807) is 12.1 Å². The molecule has 1 aliphatic carbocycles. The largest absolute Gasteiger partial charge is 0.493 e. The number of amides is 1. The number of hydrogen-bond donors (Lipinski definition) is 2. The second kappa shape index (κ2) is 4.96. The van der Waals surface area contributed by atoms with Gasteiger partial charge in [0.2, 0.25) is 5.88 Å². The van der Waals surface area contributed by atoms with Crippen LogP contribution in [0.15, 0.2) is 18.3 Å². The quantitative estimate of drug-likeness (QED) is 0.799. The molecule has 1 aromatic heterocycles. The van der Waals surface area contributed by atoms with Crippen molar-refractivity contribution in [3.63, 3.8) is 0 Å². The first kappa shape index (κ1) is 10.9. The zero-order chi connectivity index (χ0) is 11.4. The summed E-state index contributed by atoms with van der Waals surface area (Å²) < 4.78 is 0.